The number of benzene rings is 1. The summed E-state index contributed by atoms with van der Waals surface area (Å²) in [5.74, 6) is 0.671. The molecule has 3 amide bonds. The molecule has 2 saturated heterocycles. The summed E-state index contributed by atoms with van der Waals surface area (Å²) in [7, 11) is 0. The SMILES string of the molecule is CC1CCN(C(=O)C2CCCN(C(=O)Nc3ccccc3)C2)C(CN)C1. The summed E-state index contributed by atoms with van der Waals surface area (Å²) in [5.41, 5.74) is 6.69. The molecule has 3 rings (SSSR count). The van der Waals surface area contributed by atoms with Crippen molar-refractivity contribution in [2.24, 2.45) is 17.6 Å². The maximum Gasteiger partial charge on any atom is 0.321 e. The molecule has 2 heterocycles. The van der Waals surface area contributed by atoms with Crippen LogP contribution < -0.4 is 11.1 Å². The first kappa shape index (κ1) is 18.7. The van der Waals surface area contributed by atoms with E-state index in [-0.39, 0.29) is 23.9 Å². The average molecular weight is 358 g/mol. The molecule has 142 valence electrons. The van der Waals surface area contributed by atoms with Crippen LogP contribution in [0.5, 0.6) is 0 Å². The minimum absolute atomic E-state index is 0.118. The summed E-state index contributed by atoms with van der Waals surface area (Å²) in [6.45, 7) is 4.71. The Bertz CT molecular complexity index is 621. The van der Waals surface area contributed by atoms with Crippen LogP contribution in [0.2, 0.25) is 0 Å². The number of hydrogen-bond donors (Lipinski definition) is 2. The van der Waals surface area contributed by atoms with E-state index in [1.165, 1.54) is 0 Å². The normalized spacial score (nSPS) is 26.5. The van der Waals surface area contributed by atoms with Gasteiger partial charge in [0.05, 0.1) is 5.92 Å². The third kappa shape index (κ3) is 4.36. The first-order valence-electron chi connectivity index (χ1n) is 9.70. The molecule has 1 aromatic carbocycles. The van der Waals surface area contributed by atoms with Crippen LogP contribution in [-0.4, -0.2) is 54.0 Å². The number of para-hydroxylation sites is 1. The molecule has 2 aliphatic heterocycles. The maximum atomic E-state index is 13.1. The molecule has 1 aromatic rings. The van der Waals surface area contributed by atoms with Crippen molar-refractivity contribution in [1.29, 1.82) is 0 Å². The topological polar surface area (TPSA) is 78.7 Å². The van der Waals surface area contributed by atoms with Gasteiger partial charge in [-0.1, -0.05) is 25.1 Å². The molecule has 2 fully saturated rings. The minimum Gasteiger partial charge on any atom is -0.338 e. The molecule has 0 aromatic heterocycles. The Labute approximate surface area is 155 Å². The first-order chi connectivity index (χ1) is 12.6. The van der Waals surface area contributed by atoms with E-state index in [2.05, 4.69) is 12.2 Å². The van der Waals surface area contributed by atoms with Gasteiger partial charge in [-0.15, -0.1) is 0 Å². The Morgan fingerprint density at radius 3 is 2.69 bits per heavy atom. The van der Waals surface area contributed by atoms with Crippen molar-refractivity contribution < 1.29 is 9.59 Å². The fraction of sp³-hybridized carbons (Fsp3) is 0.600. The Balaban J connectivity index is 1.60. The highest BCUT2D eigenvalue weighted by atomic mass is 16.2. The Hall–Kier alpha value is -2.08. The van der Waals surface area contributed by atoms with Gasteiger partial charge in [-0.25, -0.2) is 4.79 Å². The van der Waals surface area contributed by atoms with E-state index in [0.717, 1.165) is 37.9 Å². The van der Waals surface area contributed by atoms with Crippen LogP contribution in [0, 0.1) is 11.8 Å². The van der Waals surface area contributed by atoms with Crippen LogP contribution in [0.15, 0.2) is 30.3 Å². The molecule has 3 N–H and O–H groups in total. The van der Waals surface area contributed by atoms with E-state index in [0.29, 0.717) is 25.6 Å². The number of carbonyl (C=O) groups excluding carboxylic acids is 2. The second kappa shape index (κ2) is 8.54. The molecule has 0 aliphatic carbocycles. The fourth-order valence-corrected chi connectivity index (χ4v) is 4.09. The Morgan fingerprint density at radius 1 is 1.19 bits per heavy atom. The molecule has 0 saturated carbocycles. The monoisotopic (exact) mass is 358 g/mol. The number of likely N-dealkylation sites (tertiary alicyclic amines) is 2. The number of hydrogen-bond acceptors (Lipinski definition) is 3. The summed E-state index contributed by atoms with van der Waals surface area (Å²) >= 11 is 0. The standard InChI is InChI=1S/C20H30N4O2/c1-15-9-11-24(18(12-15)13-21)19(25)16-6-5-10-23(14-16)20(26)22-17-7-3-2-4-8-17/h2-4,7-8,15-16,18H,5-6,9-14,21H2,1H3,(H,22,26). The molecule has 3 atom stereocenters. The van der Waals surface area contributed by atoms with Crippen LogP contribution >= 0.6 is 0 Å². The lowest BCUT2D eigenvalue weighted by Gasteiger charge is -2.41. The van der Waals surface area contributed by atoms with Crippen molar-refractivity contribution in [3.63, 3.8) is 0 Å². The van der Waals surface area contributed by atoms with Gasteiger partial charge < -0.3 is 20.9 Å². The lowest BCUT2D eigenvalue weighted by atomic mass is 9.89. The number of carbonyl (C=O) groups is 2. The van der Waals surface area contributed by atoms with Gasteiger partial charge in [0.15, 0.2) is 0 Å². The number of nitrogens with two attached hydrogens (primary N) is 1. The third-order valence-electron chi connectivity index (χ3n) is 5.62. The number of nitrogens with one attached hydrogen (secondary N) is 1. The van der Waals surface area contributed by atoms with Crippen molar-refractivity contribution in [3.05, 3.63) is 30.3 Å². The van der Waals surface area contributed by atoms with Crippen molar-refractivity contribution in [3.8, 4) is 0 Å². The molecular weight excluding hydrogens is 328 g/mol. The summed E-state index contributed by atoms with van der Waals surface area (Å²) in [6, 6.07) is 9.44. The summed E-state index contributed by atoms with van der Waals surface area (Å²) in [6.07, 6.45) is 3.72. The second-order valence-electron chi connectivity index (χ2n) is 7.63. The highest BCUT2D eigenvalue weighted by Crippen LogP contribution is 2.26. The predicted molar refractivity (Wildman–Crippen MR) is 103 cm³/mol. The van der Waals surface area contributed by atoms with E-state index >= 15 is 0 Å². The molecule has 6 nitrogen and oxygen atoms in total. The molecular formula is C20H30N4O2. The van der Waals surface area contributed by atoms with Gasteiger partial charge in [0.2, 0.25) is 5.91 Å². The molecule has 6 heteroatoms. The number of nitrogens with zero attached hydrogens (tertiary/aromatic N) is 2. The zero-order chi connectivity index (χ0) is 18.5. The number of anilines is 1. The molecule has 0 bridgehead atoms. The van der Waals surface area contributed by atoms with Crippen LogP contribution in [0.25, 0.3) is 0 Å². The highest BCUT2D eigenvalue weighted by molar-refractivity contribution is 5.90. The third-order valence-corrected chi connectivity index (χ3v) is 5.62. The second-order valence-corrected chi connectivity index (χ2v) is 7.63. The summed E-state index contributed by atoms with van der Waals surface area (Å²) in [4.78, 5) is 29.4. The van der Waals surface area contributed by atoms with Crippen LogP contribution in [-0.2, 0) is 4.79 Å². The van der Waals surface area contributed by atoms with Gasteiger partial charge in [-0.3, -0.25) is 4.79 Å². The van der Waals surface area contributed by atoms with E-state index in [4.69, 9.17) is 5.73 Å². The quantitative estimate of drug-likeness (QED) is 0.871. The van der Waals surface area contributed by atoms with E-state index < -0.39 is 0 Å². The summed E-state index contributed by atoms with van der Waals surface area (Å²) in [5, 5.41) is 2.92. The van der Waals surface area contributed by atoms with Gasteiger partial charge in [0.1, 0.15) is 0 Å². The van der Waals surface area contributed by atoms with Crippen molar-refractivity contribution >= 4 is 17.6 Å². The zero-order valence-corrected chi connectivity index (χ0v) is 15.6. The zero-order valence-electron chi connectivity index (χ0n) is 15.6. The van der Waals surface area contributed by atoms with E-state index in [1.54, 1.807) is 4.90 Å². The fourth-order valence-electron chi connectivity index (χ4n) is 4.09. The predicted octanol–water partition coefficient (Wildman–Crippen LogP) is 2.52. The molecule has 2 aliphatic rings. The van der Waals surface area contributed by atoms with Crippen molar-refractivity contribution in [1.82, 2.24) is 9.80 Å². The van der Waals surface area contributed by atoms with Gasteiger partial charge in [-0.05, 0) is 43.7 Å². The first-order valence-corrected chi connectivity index (χ1v) is 9.70. The smallest absolute Gasteiger partial charge is 0.321 e. The maximum absolute atomic E-state index is 13.1. The molecule has 3 unspecified atom stereocenters. The van der Waals surface area contributed by atoms with Gasteiger partial charge in [0, 0.05) is 37.9 Å². The van der Waals surface area contributed by atoms with Gasteiger partial charge in [0.25, 0.3) is 0 Å². The van der Waals surface area contributed by atoms with Crippen molar-refractivity contribution in [2.45, 2.75) is 38.6 Å². The number of piperidine rings is 2. The van der Waals surface area contributed by atoms with Crippen LogP contribution in [0.4, 0.5) is 10.5 Å². The van der Waals surface area contributed by atoms with Crippen LogP contribution in [0.1, 0.15) is 32.6 Å². The van der Waals surface area contributed by atoms with Crippen LogP contribution in [0.3, 0.4) is 0 Å². The number of rotatable bonds is 3. The Morgan fingerprint density at radius 2 is 1.96 bits per heavy atom. The lowest BCUT2D eigenvalue weighted by molar-refractivity contribution is -0.141. The highest BCUT2D eigenvalue weighted by Gasteiger charge is 2.35. The van der Waals surface area contributed by atoms with Gasteiger partial charge >= 0.3 is 6.03 Å². The molecule has 0 spiro atoms. The number of urea groups is 1. The van der Waals surface area contributed by atoms with Crippen molar-refractivity contribution in [2.75, 3.05) is 31.5 Å². The van der Waals surface area contributed by atoms with E-state index in [9.17, 15) is 9.59 Å². The Kier molecular flexibility index (Phi) is 6.14. The van der Waals surface area contributed by atoms with E-state index in [1.807, 2.05) is 35.2 Å². The largest absolute Gasteiger partial charge is 0.338 e. The van der Waals surface area contributed by atoms with Gasteiger partial charge in [-0.2, -0.15) is 0 Å². The molecule has 26 heavy (non-hydrogen) atoms. The lowest BCUT2D eigenvalue weighted by Crippen LogP contribution is -2.54. The minimum atomic E-state index is -0.128. The summed E-state index contributed by atoms with van der Waals surface area (Å²) < 4.78 is 0. The number of amides is 3. The average Bonchev–Trinajstić information content (AvgIpc) is 2.68. The molecule has 0 radical (unpaired) electrons.